The fourth-order valence-electron chi connectivity index (χ4n) is 2.13. The average Bonchev–Trinajstić information content (AvgIpc) is 2.79. The minimum Gasteiger partial charge on any atom is -0.497 e. The highest BCUT2D eigenvalue weighted by Gasteiger charge is 2.11. The van der Waals surface area contributed by atoms with Gasteiger partial charge in [0.05, 0.1) is 18.5 Å². The Morgan fingerprint density at radius 2 is 2.15 bits per heavy atom. The summed E-state index contributed by atoms with van der Waals surface area (Å²) in [4.78, 5) is 0. The molecule has 1 heterocycles. The predicted octanol–water partition coefficient (Wildman–Crippen LogP) is 3.93. The first-order chi connectivity index (χ1) is 9.51. The van der Waals surface area contributed by atoms with Crippen LogP contribution in [0.5, 0.6) is 5.75 Å². The second kappa shape index (κ2) is 6.31. The lowest BCUT2D eigenvalue weighted by Crippen LogP contribution is -2.03. The van der Waals surface area contributed by atoms with E-state index in [2.05, 4.69) is 46.4 Å². The van der Waals surface area contributed by atoms with Gasteiger partial charge < -0.3 is 10.1 Å². The molecule has 4 nitrogen and oxygen atoms in total. The van der Waals surface area contributed by atoms with Crippen LogP contribution in [-0.2, 0) is 13.6 Å². The average molecular weight is 338 g/mol. The number of nitrogens with one attached hydrogen (secondary N) is 1. The molecule has 0 amide bonds. The van der Waals surface area contributed by atoms with Gasteiger partial charge in [-0.25, -0.2) is 0 Å². The van der Waals surface area contributed by atoms with Crippen molar-refractivity contribution < 1.29 is 4.74 Å². The Bertz CT molecular complexity index is 593. The Morgan fingerprint density at radius 3 is 2.80 bits per heavy atom. The van der Waals surface area contributed by atoms with E-state index in [9.17, 15) is 0 Å². The highest BCUT2D eigenvalue weighted by atomic mass is 79.9. The molecule has 0 aliphatic heterocycles. The summed E-state index contributed by atoms with van der Waals surface area (Å²) in [6.45, 7) is 5.06. The van der Waals surface area contributed by atoms with Gasteiger partial charge in [-0.05, 0) is 34.0 Å². The monoisotopic (exact) mass is 337 g/mol. The van der Waals surface area contributed by atoms with Crippen LogP contribution in [0.1, 0.15) is 31.0 Å². The van der Waals surface area contributed by atoms with E-state index in [4.69, 9.17) is 4.74 Å². The molecule has 0 fully saturated rings. The highest BCUT2D eigenvalue weighted by molar-refractivity contribution is 9.10. The number of methoxy groups -OCH3 is 1. The molecule has 0 aliphatic rings. The fourth-order valence-corrected chi connectivity index (χ4v) is 2.52. The van der Waals surface area contributed by atoms with Crippen LogP contribution in [0, 0.1) is 0 Å². The van der Waals surface area contributed by atoms with E-state index >= 15 is 0 Å². The molecule has 2 rings (SSSR count). The second-order valence-corrected chi connectivity index (χ2v) is 5.92. The molecule has 0 spiro atoms. The molecular formula is C15H20BrN3O. The van der Waals surface area contributed by atoms with Gasteiger partial charge in [-0.1, -0.05) is 13.8 Å². The molecule has 2 aromatic rings. The number of ether oxygens (including phenoxy) is 1. The van der Waals surface area contributed by atoms with Gasteiger partial charge in [0.25, 0.3) is 0 Å². The third-order valence-corrected chi connectivity index (χ3v) is 3.82. The molecule has 0 radical (unpaired) electrons. The third kappa shape index (κ3) is 3.33. The number of rotatable bonds is 5. The number of hydrogen-bond donors (Lipinski definition) is 1. The summed E-state index contributed by atoms with van der Waals surface area (Å²) in [5, 5.41) is 7.95. The Balaban J connectivity index is 2.16. The first-order valence-corrected chi connectivity index (χ1v) is 7.40. The maximum absolute atomic E-state index is 5.25. The molecule has 108 valence electrons. The van der Waals surface area contributed by atoms with Crippen molar-refractivity contribution in [2.24, 2.45) is 7.05 Å². The van der Waals surface area contributed by atoms with Crippen LogP contribution in [0.2, 0.25) is 0 Å². The van der Waals surface area contributed by atoms with Gasteiger partial charge in [0, 0.05) is 35.9 Å². The summed E-state index contributed by atoms with van der Waals surface area (Å²) >= 11 is 3.55. The quantitative estimate of drug-likeness (QED) is 0.898. The molecule has 0 saturated carbocycles. The maximum atomic E-state index is 5.25. The van der Waals surface area contributed by atoms with E-state index in [0.717, 1.165) is 28.1 Å². The Labute approximate surface area is 128 Å². The minimum absolute atomic E-state index is 0.418. The van der Waals surface area contributed by atoms with Crippen LogP contribution in [0.25, 0.3) is 0 Å². The van der Waals surface area contributed by atoms with Crippen molar-refractivity contribution in [1.82, 2.24) is 9.78 Å². The zero-order chi connectivity index (χ0) is 14.7. The second-order valence-electron chi connectivity index (χ2n) is 5.07. The van der Waals surface area contributed by atoms with Gasteiger partial charge in [-0.15, -0.1) is 0 Å². The van der Waals surface area contributed by atoms with Crippen molar-refractivity contribution in [1.29, 1.82) is 0 Å². The largest absolute Gasteiger partial charge is 0.497 e. The zero-order valence-corrected chi connectivity index (χ0v) is 13.9. The molecule has 5 heteroatoms. The number of hydrogen-bond acceptors (Lipinski definition) is 3. The third-order valence-electron chi connectivity index (χ3n) is 3.13. The van der Waals surface area contributed by atoms with Crippen LogP contribution in [0.15, 0.2) is 28.9 Å². The van der Waals surface area contributed by atoms with Gasteiger partial charge >= 0.3 is 0 Å². The molecule has 0 unspecified atom stereocenters. The lowest BCUT2D eigenvalue weighted by molar-refractivity contribution is 0.415. The Hall–Kier alpha value is -1.49. The summed E-state index contributed by atoms with van der Waals surface area (Å²) in [6.07, 6.45) is 2.07. The summed E-state index contributed by atoms with van der Waals surface area (Å²) in [7, 11) is 3.63. The molecule has 0 aliphatic carbocycles. The maximum Gasteiger partial charge on any atom is 0.121 e. The van der Waals surface area contributed by atoms with Crippen LogP contribution < -0.4 is 10.1 Å². The van der Waals surface area contributed by atoms with Crippen LogP contribution in [0.4, 0.5) is 5.69 Å². The molecule has 0 atom stereocenters. The summed E-state index contributed by atoms with van der Waals surface area (Å²) in [6, 6.07) is 5.89. The predicted molar refractivity (Wildman–Crippen MR) is 85.3 cm³/mol. The molecule has 0 saturated heterocycles. The molecular weight excluding hydrogens is 318 g/mol. The standard InChI is InChI=1S/C15H20BrN3O/c1-10(2)15-11(9-19(3)18-15)8-17-14-7-12(20-4)5-6-13(14)16/h5-7,9-10,17H,8H2,1-4H3. The Kier molecular flexibility index (Phi) is 4.70. The number of aryl methyl sites for hydroxylation is 1. The normalized spacial score (nSPS) is 10.9. The van der Waals surface area contributed by atoms with Crippen LogP contribution in [0.3, 0.4) is 0 Å². The van der Waals surface area contributed by atoms with E-state index in [1.807, 2.05) is 29.9 Å². The summed E-state index contributed by atoms with van der Waals surface area (Å²) < 4.78 is 8.14. The van der Waals surface area contributed by atoms with E-state index in [1.54, 1.807) is 7.11 Å². The lowest BCUT2D eigenvalue weighted by Gasteiger charge is -2.11. The SMILES string of the molecule is COc1ccc(Br)c(NCc2cn(C)nc2C(C)C)c1. The van der Waals surface area contributed by atoms with Crippen molar-refractivity contribution in [3.05, 3.63) is 40.1 Å². The smallest absolute Gasteiger partial charge is 0.121 e. The van der Waals surface area contributed by atoms with Crippen molar-refractivity contribution in [3.63, 3.8) is 0 Å². The Morgan fingerprint density at radius 1 is 1.40 bits per heavy atom. The number of nitrogens with zero attached hydrogens (tertiary/aromatic N) is 2. The molecule has 0 bridgehead atoms. The topological polar surface area (TPSA) is 39.1 Å². The molecule has 20 heavy (non-hydrogen) atoms. The van der Waals surface area contributed by atoms with E-state index in [-0.39, 0.29) is 0 Å². The van der Waals surface area contributed by atoms with Gasteiger partial charge in [0.15, 0.2) is 0 Å². The van der Waals surface area contributed by atoms with Crippen LogP contribution >= 0.6 is 15.9 Å². The van der Waals surface area contributed by atoms with Crippen molar-refractivity contribution in [3.8, 4) is 5.75 Å². The van der Waals surface area contributed by atoms with Gasteiger partial charge in [-0.2, -0.15) is 5.10 Å². The number of halogens is 1. The van der Waals surface area contributed by atoms with Gasteiger partial charge in [0.2, 0.25) is 0 Å². The van der Waals surface area contributed by atoms with Gasteiger partial charge in [-0.3, -0.25) is 4.68 Å². The molecule has 1 N–H and O–H groups in total. The summed E-state index contributed by atoms with van der Waals surface area (Å²) in [5.74, 6) is 1.26. The molecule has 1 aromatic heterocycles. The fraction of sp³-hybridized carbons (Fsp3) is 0.400. The molecule has 1 aromatic carbocycles. The van der Waals surface area contributed by atoms with Gasteiger partial charge in [0.1, 0.15) is 5.75 Å². The first kappa shape index (κ1) is 14.9. The first-order valence-electron chi connectivity index (χ1n) is 6.61. The zero-order valence-electron chi connectivity index (χ0n) is 12.3. The van der Waals surface area contributed by atoms with Crippen molar-refractivity contribution in [2.75, 3.05) is 12.4 Å². The number of anilines is 1. The van der Waals surface area contributed by atoms with Crippen molar-refractivity contribution in [2.45, 2.75) is 26.3 Å². The minimum atomic E-state index is 0.418. The highest BCUT2D eigenvalue weighted by Crippen LogP contribution is 2.28. The number of benzene rings is 1. The van der Waals surface area contributed by atoms with Crippen LogP contribution in [-0.4, -0.2) is 16.9 Å². The number of aromatic nitrogens is 2. The summed E-state index contributed by atoms with van der Waals surface area (Å²) in [5.41, 5.74) is 3.37. The van der Waals surface area contributed by atoms with E-state index in [1.165, 1.54) is 5.56 Å². The lowest BCUT2D eigenvalue weighted by atomic mass is 10.1. The van der Waals surface area contributed by atoms with E-state index < -0.39 is 0 Å². The van der Waals surface area contributed by atoms with Crippen molar-refractivity contribution >= 4 is 21.6 Å². The van der Waals surface area contributed by atoms with E-state index in [0.29, 0.717) is 5.92 Å².